The van der Waals surface area contributed by atoms with E-state index >= 15 is 0 Å². The van der Waals surface area contributed by atoms with E-state index in [1.54, 1.807) is 0 Å². The Morgan fingerprint density at radius 1 is 1.04 bits per heavy atom. The molecule has 2 saturated carbocycles. The lowest BCUT2D eigenvalue weighted by molar-refractivity contribution is -0.134. The number of nitrogens with zero attached hydrogens (tertiary/aromatic N) is 1. The molecule has 4 heteroatoms. The lowest BCUT2D eigenvalue weighted by Gasteiger charge is -2.34. The van der Waals surface area contributed by atoms with Gasteiger partial charge in [-0.15, -0.1) is 0 Å². The fourth-order valence-electron chi connectivity index (χ4n) is 3.58. The molecular weight excluding hydrogens is 300 g/mol. The molecule has 0 spiro atoms. The number of benzene rings is 1. The van der Waals surface area contributed by atoms with Crippen LogP contribution in [0.5, 0.6) is 0 Å². The number of nitrogens with one attached hydrogen (secondary N) is 1. The average molecular weight is 326 g/mol. The van der Waals surface area contributed by atoms with E-state index in [-0.39, 0.29) is 11.8 Å². The van der Waals surface area contributed by atoms with Gasteiger partial charge < -0.3 is 10.2 Å². The number of carbonyl (C=O) groups excluding carboxylic acids is 2. The summed E-state index contributed by atoms with van der Waals surface area (Å²) >= 11 is 0. The molecule has 128 valence electrons. The number of amides is 2. The largest absolute Gasteiger partial charge is 0.336 e. The van der Waals surface area contributed by atoms with E-state index in [1.807, 2.05) is 24.3 Å². The van der Waals surface area contributed by atoms with Gasteiger partial charge in [0.2, 0.25) is 11.8 Å². The van der Waals surface area contributed by atoms with Gasteiger partial charge in [0.25, 0.3) is 0 Å². The van der Waals surface area contributed by atoms with Gasteiger partial charge in [-0.2, -0.15) is 0 Å². The van der Waals surface area contributed by atoms with E-state index in [0.717, 1.165) is 36.9 Å². The molecule has 1 N–H and O–H groups in total. The molecule has 0 aromatic heterocycles. The quantitative estimate of drug-likeness (QED) is 0.811. The van der Waals surface area contributed by atoms with Crippen molar-refractivity contribution in [1.29, 1.82) is 0 Å². The summed E-state index contributed by atoms with van der Waals surface area (Å²) in [5.74, 6) is 0.0308. The minimum absolute atomic E-state index is 0.226. The Balaban J connectivity index is 1.62. The summed E-state index contributed by atoms with van der Waals surface area (Å²) in [6, 6.07) is 8.44. The maximum Gasteiger partial charge on any atom is 0.247 e. The van der Waals surface area contributed by atoms with E-state index in [1.165, 1.54) is 25.3 Å². The van der Waals surface area contributed by atoms with Crippen molar-refractivity contribution in [2.24, 2.45) is 0 Å². The second-order valence-corrected chi connectivity index (χ2v) is 6.89. The minimum Gasteiger partial charge on any atom is -0.336 e. The van der Waals surface area contributed by atoms with Gasteiger partial charge >= 0.3 is 0 Å². The number of rotatable bonds is 6. The highest BCUT2D eigenvalue weighted by Gasteiger charge is 2.37. The van der Waals surface area contributed by atoms with Crippen LogP contribution in [0.25, 0.3) is 0 Å². The van der Waals surface area contributed by atoms with Gasteiger partial charge in [-0.05, 0) is 49.5 Å². The summed E-state index contributed by atoms with van der Waals surface area (Å²) in [6.07, 6.45) is 10.1. The summed E-state index contributed by atoms with van der Waals surface area (Å²) in [6.45, 7) is 3.44. The first kappa shape index (κ1) is 16.7. The predicted octanol–water partition coefficient (Wildman–Crippen LogP) is 3.68. The van der Waals surface area contributed by atoms with E-state index in [2.05, 4.69) is 16.8 Å². The second-order valence-electron chi connectivity index (χ2n) is 6.89. The first-order chi connectivity index (χ1) is 11.7. The SMILES string of the molecule is C=CC(=O)Nc1ccc(CC(=O)N(C2CCCCC2)C2CC2)cc1. The molecule has 0 aliphatic heterocycles. The molecule has 2 fully saturated rings. The van der Waals surface area contributed by atoms with Gasteiger partial charge in [0, 0.05) is 17.8 Å². The van der Waals surface area contributed by atoms with Gasteiger partial charge in [-0.1, -0.05) is 38.0 Å². The highest BCUT2D eigenvalue weighted by molar-refractivity contribution is 5.98. The monoisotopic (exact) mass is 326 g/mol. The molecule has 0 saturated heterocycles. The fourth-order valence-corrected chi connectivity index (χ4v) is 3.58. The van der Waals surface area contributed by atoms with Crippen LogP contribution in [0.3, 0.4) is 0 Å². The van der Waals surface area contributed by atoms with Crippen LogP contribution in [0.15, 0.2) is 36.9 Å². The summed E-state index contributed by atoms with van der Waals surface area (Å²) in [4.78, 5) is 26.3. The zero-order chi connectivity index (χ0) is 16.9. The summed E-state index contributed by atoms with van der Waals surface area (Å²) < 4.78 is 0. The number of hydrogen-bond acceptors (Lipinski definition) is 2. The van der Waals surface area contributed by atoms with E-state index in [0.29, 0.717) is 18.5 Å². The Morgan fingerprint density at radius 2 is 1.67 bits per heavy atom. The van der Waals surface area contributed by atoms with Crippen molar-refractivity contribution in [3.8, 4) is 0 Å². The topological polar surface area (TPSA) is 49.4 Å². The van der Waals surface area contributed by atoms with Gasteiger partial charge in [0.15, 0.2) is 0 Å². The van der Waals surface area contributed by atoms with Crippen LogP contribution in [0.1, 0.15) is 50.5 Å². The van der Waals surface area contributed by atoms with Crippen LogP contribution in [0.4, 0.5) is 5.69 Å². The average Bonchev–Trinajstić information content (AvgIpc) is 3.42. The van der Waals surface area contributed by atoms with Crippen molar-refractivity contribution >= 4 is 17.5 Å². The molecule has 2 aliphatic rings. The third-order valence-electron chi connectivity index (χ3n) is 4.96. The molecule has 1 aromatic rings. The lowest BCUT2D eigenvalue weighted by atomic mass is 9.93. The van der Waals surface area contributed by atoms with Crippen molar-refractivity contribution < 1.29 is 9.59 Å². The van der Waals surface area contributed by atoms with Gasteiger partial charge in [0.1, 0.15) is 0 Å². The van der Waals surface area contributed by atoms with Crippen LogP contribution in [0, 0.1) is 0 Å². The second kappa shape index (κ2) is 7.65. The molecule has 0 atom stereocenters. The highest BCUT2D eigenvalue weighted by atomic mass is 16.2. The third-order valence-corrected chi connectivity index (χ3v) is 4.96. The lowest BCUT2D eigenvalue weighted by Crippen LogP contribution is -2.43. The third kappa shape index (κ3) is 4.25. The summed E-state index contributed by atoms with van der Waals surface area (Å²) in [5.41, 5.74) is 1.72. The smallest absolute Gasteiger partial charge is 0.247 e. The Bertz CT molecular complexity index is 599. The van der Waals surface area contributed by atoms with Crippen LogP contribution in [-0.4, -0.2) is 28.8 Å². The van der Waals surface area contributed by atoms with E-state index in [9.17, 15) is 9.59 Å². The molecule has 4 nitrogen and oxygen atoms in total. The predicted molar refractivity (Wildman–Crippen MR) is 95.7 cm³/mol. The Hall–Kier alpha value is -2.10. The molecule has 3 rings (SSSR count). The van der Waals surface area contributed by atoms with Gasteiger partial charge in [0.05, 0.1) is 6.42 Å². The molecule has 0 bridgehead atoms. The summed E-state index contributed by atoms with van der Waals surface area (Å²) in [7, 11) is 0. The van der Waals surface area contributed by atoms with Gasteiger partial charge in [-0.25, -0.2) is 0 Å². The Labute approximate surface area is 143 Å². The number of anilines is 1. The van der Waals surface area contributed by atoms with Gasteiger partial charge in [-0.3, -0.25) is 9.59 Å². The van der Waals surface area contributed by atoms with Crippen LogP contribution < -0.4 is 5.32 Å². The normalized spacial score (nSPS) is 18.0. The molecule has 0 unspecified atom stereocenters. The van der Waals surface area contributed by atoms with Crippen molar-refractivity contribution in [1.82, 2.24) is 4.90 Å². The first-order valence-electron chi connectivity index (χ1n) is 9.01. The van der Waals surface area contributed by atoms with Crippen molar-refractivity contribution in [2.45, 2.75) is 63.5 Å². The van der Waals surface area contributed by atoms with Crippen LogP contribution >= 0.6 is 0 Å². The van der Waals surface area contributed by atoms with Crippen molar-refractivity contribution in [2.75, 3.05) is 5.32 Å². The number of hydrogen-bond donors (Lipinski definition) is 1. The molecule has 0 radical (unpaired) electrons. The maximum atomic E-state index is 12.8. The van der Waals surface area contributed by atoms with Crippen LogP contribution in [0.2, 0.25) is 0 Å². The minimum atomic E-state index is -0.226. The summed E-state index contributed by atoms with van der Waals surface area (Å²) in [5, 5.41) is 2.72. The molecule has 2 aliphatic carbocycles. The van der Waals surface area contributed by atoms with E-state index in [4.69, 9.17) is 0 Å². The molecular formula is C20H26N2O2. The fraction of sp³-hybridized carbons (Fsp3) is 0.500. The zero-order valence-corrected chi connectivity index (χ0v) is 14.2. The zero-order valence-electron chi connectivity index (χ0n) is 14.2. The molecule has 2 amide bonds. The first-order valence-corrected chi connectivity index (χ1v) is 9.01. The van der Waals surface area contributed by atoms with E-state index < -0.39 is 0 Å². The van der Waals surface area contributed by atoms with Crippen molar-refractivity contribution in [3.63, 3.8) is 0 Å². The molecule has 0 heterocycles. The van der Waals surface area contributed by atoms with Crippen LogP contribution in [-0.2, 0) is 16.0 Å². The highest BCUT2D eigenvalue weighted by Crippen LogP contribution is 2.34. The van der Waals surface area contributed by atoms with Crippen molar-refractivity contribution in [3.05, 3.63) is 42.5 Å². The molecule has 1 aromatic carbocycles. The number of carbonyl (C=O) groups is 2. The standard InChI is InChI=1S/C20H26N2O2/c1-2-19(23)21-16-10-8-15(9-11-16)14-20(24)22(18-12-13-18)17-6-4-3-5-7-17/h2,8-11,17-18H,1,3-7,12-14H2,(H,21,23). The Kier molecular flexibility index (Phi) is 5.34. The Morgan fingerprint density at radius 3 is 2.25 bits per heavy atom. The molecule has 24 heavy (non-hydrogen) atoms. The maximum absolute atomic E-state index is 12.8.